The largest absolute Gasteiger partial charge is 0.328 e. The highest BCUT2D eigenvalue weighted by Crippen LogP contribution is 2.03. The molecule has 0 unspecified atom stereocenters. The molecule has 1 aromatic heterocycles. The number of aryl methyl sites for hydroxylation is 1. The minimum Gasteiger partial charge on any atom is -0.328 e. The van der Waals surface area contributed by atoms with Crippen LogP contribution in [0.2, 0.25) is 0 Å². The molecule has 0 aliphatic carbocycles. The van der Waals surface area contributed by atoms with Gasteiger partial charge >= 0.3 is 0 Å². The second-order valence-corrected chi connectivity index (χ2v) is 3.53. The van der Waals surface area contributed by atoms with Crippen molar-refractivity contribution in [3.05, 3.63) is 29.9 Å². The third-order valence-corrected chi connectivity index (χ3v) is 1.82. The zero-order valence-electron chi connectivity index (χ0n) is 8.95. The summed E-state index contributed by atoms with van der Waals surface area (Å²) in [5.74, 6) is 0.525. The first-order chi connectivity index (χ1) is 6.65. The van der Waals surface area contributed by atoms with Crippen LogP contribution < -0.4 is 0 Å². The lowest BCUT2D eigenvalue weighted by atomic mass is 10.2. The van der Waals surface area contributed by atoms with E-state index in [2.05, 4.69) is 11.9 Å². The highest BCUT2D eigenvalue weighted by Gasteiger charge is 2.08. The summed E-state index contributed by atoms with van der Waals surface area (Å²) in [6, 6.07) is 0. The van der Waals surface area contributed by atoms with Crippen molar-refractivity contribution in [2.45, 2.75) is 33.7 Å². The fraction of sp³-hybridized carbons (Fsp3) is 0.455. The summed E-state index contributed by atoms with van der Waals surface area (Å²) >= 11 is 0. The van der Waals surface area contributed by atoms with Crippen LogP contribution >= 0.6 is 0 Å². The summed E-state index contributed by atoms with van der Waals surface area (Å²) in [5, 5.41) is 0. The van der Waals surface area contributed by atoms with E-state index >= 15 is 0 Å². The second-order valence-electron chi connectivity index (χ2n) is 3.53. The molecule has 0 aliphatic heterocycles. The van der Waals surface area contributed by atoms with Crippen LogP contribution in [0.1, 0.15) is 37.8 Å². The van der Waals surface area contributed by atoms with E-state index in [9.17, 15) is 4.79 Å². The van der Waals surface area contributed by atoms with Gasteiger partial charge in [0, 0.05) is 18.9 Å². The third-order valence-electron chi connectivity index (χ3n) is 1.82. The fourth-order valence-corrected chi connectivity index (χ4v) is 1.28. The molecule has 0 spiro atoms. The number of allylic oxidation sites excluding steroid dienone is 2. The molecule has 0 radical (unpaired) electrons. The Hall–Kier alpha value is -1.38. The molecular weight excluding hydrogens is 176 g/mol. The quantitative estimate of drug-likeness (QED) is 0.542. The maximum atomic E-state index is 11.7. The highest BCUT2D eigenvalue weighted by atomic mass is 16.1. The number of ketones is 1. The zero-order valence-corrected chi connectivity index (χ0v) is 8.95. The Morgan fingerprint density at radius 1 is 1.57 bits per heavy atom. The minimum atomic E-state index is -0.0107. The molecule has 76 valence electrons. The number of carbonyl (C=O) groups is 1. The number of rotatable bonds is 4. The molecule has 3 heteroatoms. The standard InChI is InChI=1S/C11H16N2O/c1-4-6-13-7-5-12-11(13)10(14)8-9(2)3/h5,7-8H,4,6H2,1-3H3. The van der Waals surface area contributed by atoms with Crippen LogP contribution in [0.15, 0.2) is 24.0 Å². The molecule has 0 amide bonds. The molecule has 0 aromatic carbocycles. The van der Waals surface area contributed by atoms with Gasteiger partial charge in [0.1, 0.15) is 0 Å². The molecule has 0 atom stereocenters. The van der Waals surface area contributed by atoms with Crippen LogP contribution in [0.5, 0.6) is 0 Å². The van der Waals surface area contributed by atoms with Gasteiger partial charge in [-0.2, -0.15) is 0 Å². The summed E-state index contributed by atoms with van der Waals surface area (Å²) in [6.45, 7) is 6.74. The van der Waals surface area contributed by atoms with E-state index in [1.165, 1.54) is 0 Å². The smallest absolute Gasteiger partial charge is 0.221 e. The molecule has 0 fully saturated rings. The Kier molecular flexibility index (Phi) is 3.63. The Morgan fingerprint density at radius 3 is 2.86 bits per heavy atom. The normalized spacial score (nSPS) is 9.93. The first kappa shape index (κ1) is 10.7. The van der Waals surface area contributed by atoms with Crippen LogP contribution in [0.4, 0.5) is 0 Å². The van der Waals surface area contributed by atoms with Gasteiger partial charge in [-0.25, -0.2) is 4.98 Å². The Labute approximate surface area is 84.5 Å². The summed E-state index contributed by atoms with van der Waals surface area (Å²) in [5.41, 5.74) is 1.00. The average Bonchev–Trinajstić information content (AvgIpc) is 2.51. The predicted molar refractivity (Wildman–Crippen MR) is 56.3 cm³/mol. The lowest BCUT2D eigenvalue weighted by molar-refractivity contribution is 0.103. The number of carbonyl (C=O) groups excluding carboxylic acids is 1. The number of hydrogen-bond acceptors (Lipinski definition) is 2. The van der Waals surface area contributed by atoms with Gasteiger partial charge in [0.15, 0.2) is 5.82 Å². The van der Waals surface area contributed by atoms with Gasteiger partial charge in [0.05, 0.1) is 0 Å². The van der Waals surface area contributed by atoms with Crippen molar-refractivity contribution < 1.29 is 4.79 Å². The zero-order chi connectivity index (χ0) is 10.6. The van der Waals surface area contributed by atoms with E-state index in [4.69, 9.17) is 0 Å². The summed E-state index contributed by atoms with van der Waals surface area (Å²) in [7, 11) is 0. The molecular formula is C11H16N2O. The van der Waals surface area contributed by atoms with E-state index < -0.39 is 0 Å². The van der Waals surface area contributed by atoms with Crippen molar-refractivity contribution in [1.82, 2.24) is 9.55 Å². The SMILES string of the molecule is CCCn1ccnc1C(=O)C=C(C)C. The first-order valence-electron chi connectivity index (χ1n) is 4.85. The van der Waals surface area contributed by atoms with Crippen LogP contribution in [-0.2, 0) is 6.54 Å². The average molecular weight is 192 g/mol. The maximum Gasteiger partial charge on any atom is 0.221 e. The third kappa shape index (κ3) is 2.55. The monoisotopic (exact) mass is 192 g/mol. The molecule has 0 saturated carbocycles. The molecule has 1 rings (SSSR count). The molecule has 0 N–H and O–H groups in total. The van der Waals surface area contributed by atoms with E-state index in [1.807, 2.05) is 24.6 Å². The molecule has 0 bridgehead atoms. The van der Waals surface area contributed by atoms with Crippen LogP contribution in [0.25, 0.3) is 0 Å². The van der Waals surface area contributed by atoms with E-state index in [0.29, 0.717) is 5.82 Å². The van der Waals surface area contributed by atoms with Crippen LogP contribution in [0.3, 0.4) is 0 Å². The van der Waals surface area contributed by atoms with Gasteiger partial charge in [0.25, 0.3) is 0 Å². The van der Waals surface area contributed by atoms with Gasteiger partial charge in [0.2, 0.25) is 5.78 Å². The van der Waals surface area contributed by atoms with Gasteiger partial charge in [-0.3, -0.25) is 4.79 Å². The van der Waals surface area contributed by atoms with Crippen LogP contribution in [-0.4, -0.2) is 15.3 Å². The number of imidazole rings is 1. The number of nitrogens with zero attached hydrogens (tertiary/aromatic N) is 2. The summed E-state index contributed by atoms with van der Waals surface area (Å²) in [6.07, 6.45) is 6.14. The van der Waals surface area contributed by atoms with Crippen molar-refractivity contribution in [3.8, 4) is 0 Å². The summed E-state index contributed by atoms with van der Waals surface area (Å²) < 4.78 is 1.89. The van der Waals surface area contributed by atoms with Crippen molar-refractivity contribution in [2.75, 3.05) is 0 Å². The molecule has 1 aromatic rings. The van der Waals surface area contributed by atoms with E-state index in [-0.39, 0.29) is 5.78 Å². The van der Waals surface area contributed by atoms with Crippen molar-refractivity contribution >= 4 is 5.78 Å². The maximum absolute atomic E-state index is 11.7. The van der Waals surface area contributed by atoms with E-state index in [1.54, 1.807) is 12.3 Å². The number of hydrogen-bond donors (Lipinski definition) is 0. The Bertz CT molecular complexity index is 346. The van der Waals surface area contributed by atoms with E-state index in [0.717, 1.165) is 18.5 Å². The van der Waals surface area contributed by atoms with Gasteiger partial charge in [-0.1, -0.05) is 12.5 Å². The van der Waals surface area contributed by atoms with Gasteiger partial charge < -0.3 is 4.57 Å². The Morgan fingerprint density at radius 2 is 2.29 bits per heavy atom. The lowest BCUT2D eigenvalue weighted by Crippen LogP contribution is -2.08. The second kappa shape index (κ2) is 4.74. The lowest BCUT2D eigenvalue weighted by Gasteiger charge is -2.02. The predicted octanol–water partition coefficient (Wildman–Crippen LogP) is 2.44. The minimum absolute atomic E-state index is 0.0107. The summed E-state index contributed by atoms with van der Waals surface area (Å²) in [4.78, 5) is 15.7. The van der Waals surface area contributed by atoms with Crippen molar-refractivity contribution in [3.63, 3.8) is 0 Å². The fourth-order valence-electron chi connectivity index (χ4n) is 1.28. The molecule has 3 nitrogen and oxygen atoms in total. The van der Waals surface area contributed by atoms with Crippen LogP contribution in [0, 0.1) is 0 Å². The molecule has 14 heavy (non-hydrogen) atoms. The molecule has 0 aliphatic rings. The highest BCUT2D eigenvalue weighted by molar-refractivity contribution is 6.02. The molecule has 1 heterocycles. The van der Waals surface area contributed by atoms with Crippen molar-refractivity contribution in [1.29, 1.82) is 0 Å². The first-order valence-corrected chi connectivity index (χ1v) is 4.85. The topological polar surface area (TPSA) is 34.9 Å². The molecule has 0 saturated heterocycles. The van der Waals surface area contributed by atoms with Gasteiger partial charge in [-0.05, 0) is 26.3 Å². The number of aromatic nitrogens is 2. The van der Waals surface area contributed by atoms with Gasteiger partial charge in [-0.15, -0.1) is 0 Å². The van der Waals surface area contributed by atoms with Crippen molar-refractivity contribution in [2.24, 2.45) is 0 Å². The Balaban J connectivity index is 2.89.